The zero-order chi connectivity index (χ0) is 18.3. The van der Waals surface area contributed by atoms with Gasteiger partial charge in [-0.1, -0.05) is 18.2 Å². The zero-order valence-corrected chi connectivity index (χ0v) is 13.5. The fourth-order valence-corrected chi connectivity index (χ4v) is 2.56. The van der Waals surface area contributed by atoms with Crippen LogP contribution in [0.4, 0.5) is 5.69 Å². The van der Waals surface area contributed by atoms with E-state index in [1.165, 1.54) is 4.68 Å². The Labute approximate surface area is 141 Å². The zero-order valence-electron chi connectivity index (χ0n) is 13.5. The minimum absolute atomic E-state index is 0.0421. The third-order valence-corrected chi connectivity index (χ3v) is 3.94. The molecule has 0 spiro atoms. The van der Waals surface area contributed by atoms with Crippen LogP contribution in [0.3, 0.4) is 0 Å². The van der Waals surface area contributed by atoms with E-state index in [1.54, 1.807) is 49.0 Å². The van der Waals surface area contributed by atoms with Gasteiger partial charge in [0.05, 0.1) is 11.4 Å². The number of aromatic hydroxyl groups is 1. The molecule has 3 N–H and O–H groups in total. The van der Waals surface area contributed by atoms with Crippen molar-refractivity contribution >= 4 is 5.69 Å². The van der Waals surface area contributed by atoms with Crippen LogP contribution in [0.15, 0.2) is 39.9 Å². The number of anilines is 1. The van der Waals surface area contributed by atoms with Gasteiger partial charge in [-0.3, -0.25) is 14.3 Å². The molecule has 2 heterocycles. The molecule has 3 rings (SSSR count). The molecule has 3 aromatic rings. The molecular formula is C16H14N6O3. The van der Waals surface area contributed by atoms with Crippen molar-refractivity contribution in [2.75, 3.05) is 5.73 Å². The number of nitrogen functional groups attached to an aromatic ring is 1. The van der Waals surface area contributed by atoms with E-state index >= 15 is 0 Å². The number of hydrogen-bond donors (Lipinski definition) is 2. The van der Waals surface area contributed by atoms with Crippen LogP contribution in [-0.2, 0) is 7.05 Å². The first-order chi connectivity index (χ1) is 11.9. The number of aromatic nitrogens is 4. The van der Waals surface area contributed by atoms with E-state index in [2.05, 4.69) is 5.10 Å². The third-order valence-electron chi connectivity index (χ3n) is 3.94. The second-order valence-corrected chi connectivity index (χ2v) is 5.35. The Kier molecular flexibility index (Phi) is 3.65. The number of hydrogen-bond acceptors (Lipinski definition) is 6. The first-order valence-corrected chi connectivity index (χ1v) is 7.24. The molecule has 0 saturated heterocycles. The number of nitriles is 1. The van der Waals surface area contributed by atoms with Gasteiger partial charge >= 0.3 is 0 Å². The lowest BCUT2D eigenvalue weighted by molar-refractivity contribution is 0.467. The van der Waals surface area contributed by atoms with E-state index in [4.69, 9.17) is 11.0 Å². The lowest BCUT2D eigenvalue weighted by Gasteiger charge is -2.07. The van der Waals surface area contributed by atoms with Crippen molar-refractivity contribution in [3.8, 4) is 23.2 Å². The summed E-state index contributed by atoms with van der Waals surface area (Å²) in [6, 6.07) is 10.5. The molecule has 0 aliphatic rings. The van der Waals surface area contributed by atoms with Gasteiger partial charge in [-0.05, 0) is 19.1 Å². The fraction of sp³-hybridized carbons (Fsp3) is 0.125. The van der Waals surface area contributed by atoms with Gasteiger partial charge in [0, 0.05) is 7.05 Å². The predicted molar refractivity (Wildman–Crippen MR) is 89.9 cm³/mol. The number of benzene rings is 1. The minimum atomic E-state index is -0.873. The van der Waals surface area contributed by atoms with Gasteiger partial charge in [-0.2, -0.15) is 9.94 Å². The van der Waals surface area contributed by atoms with Crippen LogP contribution in [0, 0.1) is 18.3 Å². The molecule has 0 saturated carbocycles. The molecule has 1 aromatic carbocycles. The molecule has 0 atom stereocenters. The summed E-state index contributed by atoms with van der Waals surface area (Å²) < 4.78 is 3.69. The Morgan fingerprint density at radius 1 is 1.20 bits per heavy atom. The summed E-state index contributed by atoms with van der Waals surface area (Å²) in [6.07, 6.45) is 0. The lowest BCUT2D eigenvalue weighted by Crippen LogP contribution is -2.30. The fourth-order valence-electron chi connectivity index (χ4n) is 2.56. The molecule has 25 heavy (non-hydrogen) atoms. The predicted octanol–water partition coefficient (Wildman–Crippen LogP) is 0.190. The van der Waals surface area contributed by atoms with Crippen molar-refractivity contribution in [1.82, 2.24) is 19.1 Å². The molecule has 0 bridgehead atoms. The van der Waals surface area contributed by atoms with Gasteiger partial charge in [-0.15, -0.1) is 5.10 Å². The van der Waals surface area contributed by atoms with E-state index in [9.17, 15) is 14.7 Å². The Hall–Kier alpha value is -3.80. The van der Waals surface area contributed by atoms with Crippen molar-refractivity contribution in [3.63, 3.8) is 0 Å². The highest BCUT2D eigenvalue weighted by Gasteiger charge is 2.23. The molecule has 0 aliphatic carbocycles. The molecule has 0 aliphatic heterocycles. The van der Waals surface area contributed by atoms with E-state index < -0.39 is 28.2 Å². The quantitative estimate of drug-likeness (QED) is 0.685. The van der Waals surface area contributed by atoms with Crippen LogP contribution in [0.25, 0.3) is 11.4 Å². The van der Waals surface area contributed by atoms with Crippen LogP contribution < -0.4 is 16.9 Å². The summed E-state index contributed by atoms with van der Waals surface area (Å²) in [6.45, 7) is 1.64. The molecule has 9 nitrogen and oxygen atoms in total. The molecule has 0 amide bonds. The maximum atomic E-state index is 12.9. The maximum absolute atomic E-state index is 12.9. The van der Waals surface area contributed by atoms with Crippen LogP contribution in [0.1, 0.15) is 11.4 Å². The van der Waals surface area contributed by atoms with Crippen molar-refractivity contribution in [1.29, 1.82) is 5.26 Å². The Balaban J connectivity index is 2.39. The van der Waals surface area contributed by atoms with E-state index in [0.717, 1.165) is 4.68 Å². The van der Waals surface area contributed by atoms with Crippen LogP contribution in [-0.4, -0.2) is 24.3 Å². The average Bonchev–Trinajstić information content (AvgIpc) is 2.84. The summed E-state index contributed by atoms with van der Waals surface area (Å²) in [4.78, 5) is 25.3. The highest BCUT2D eigenvalue weighted by Crippen LogP contribution is 2.19. The lowest BCUT2D eigenvalue weighted by atomic mass is 10.3. The molecule has 0 radical (unpaired) electrons. The summed E-state index contributed by atoms with van der Waals surface area (Å²) in [5.74, 6) is -0.694. The van der Waals surface area contributed by atoms with Crippen LogP contribution in [0.5, 0.6) is 5.75 Å². The molecular weight excluding hydrogens is 324 g/mol. The van der Waals surface area contributed by atoms with Crippen LogP contribution in [0.2, 0.25) is 0 Å². The molecule has 2 aromatic heterocycles. The molecule has 126 valence electrons. The summed E-state index contributed by atoms with van der Waals surface area (Å²) in [7, 11) is 1.66. The van der Waals surface area contributed by atoms with Crippen molar-refractivity contribution < 1.29 is 5.11 Å². The summed E-state index contributed by atoms with van der Waals surface area (Å²) in [5, 5.41) is 22.5. The topological polar surface area (TPSA) is 132 Å². The monoisotopic (exact) mass is 338 g/mol. The van der Waals surface area contributed by atoms with E-state index in [-0.39, 0.29) is 5.69 Å². The largest absolute Gasteiger partial charge is 0.503 e. The summed E-state index contributed by atoms with van der Waals surface area (Å²) in [5.41, 5.74) is 4.21. The average molecular weight is 338 g/mol. The van der Waals surface area contributed by atoms with Gasteiger partial charge in [0.1, 0.15) is 11.8 Å². The summed E-state index contributed by atoms with van der Waals surface area (Å²) >= 11 is 0. The first kappa shape index (κ1) is 16.1. The number of nitrogens with two attached hydrogens (primary N) is 1. The van der Waals surface area contributed by atoms with Gasteiger partial charge in [0.2, 0.25) is 5.69 Å². The third kappa shape index (κ3) is 2.28. The van der Waals surface area contributed by atoms with E-state index in [1.807, 2.05) is 6.07 Å². The number of para-hydroxylation sites is 1. The van der Waals surface area contributed by atoms with Crippen molar-refractivity contribution in [2.24, 2.45) is 7.05 Å². The van der Waals surface area contributed by atoms with Crippen molar-refractivity contribution in [3.05, 3.63) is 62.4 Å². The maximum Gasteiger partial charge on any atom is 0.298 e. The molecule has 0 fully saturated rings. The van der Waals surface area contributed by atoms with Gasteiger partial charge in [0.25, 0.3) is 11.1 Å². The highest BCUT2D eigenvalue weighted by molar-refractivity contribution is 5.56. The highest BCUT2D eigenvalue weighted by atomic mass is 16.3. The van der Waals surface area contributed by atoms with Gasteiger partial charge in [0.15, 0.2) is 11.4 Å². The Morgan fingerprint density at radius 3 is 2.44 bits per heavy atom. The molecule has 0 unspecified atom stereocenters. The Bertz CT molecular complexity index is 1130. The number of rotatable bonds is 2. The smallest absolute Gasteiger partial charge is 0.298 e. The second kappa shape index (κ2) is 5.68. The van der Waals surface area contributed by atoms with Crippen LogP contribution >= 0.6 is 0 Å². The van der Waals surface area contributed by atoms with E-state index in [0.29, 0.717) is 11.4 Å². The molecule has 9 heteroatoms. The van der Waals surface area contributed by atoms with Gasteiger partial charge in [-0.25, -0.2) is 4.68 Å². The van der Waals surface area contributed by atoms with Gasteiger partial charge < -0.3 is 10.8 Å². The normalized spacial score (nSPS) is 10.6. The number of nitrogens with zero attached hydrogens (tertiary/aromatic N) is 5. The Morgan fingerprint density at radius 2 is 1.84 bits per heavy atom. The van der Waals surface area contributed by atoms with Crippen molar-refractivity contribution in [2.45, 2.75) is 6.92 Å². The second-order valence-electron chi connectivity index (χ2n) is 5.35. The minimum Gasteiger partial charge on any atom is -0.503 e. The first-order valence-electron chi connectivity index (χ1n) is 7.24. The SMILES string of the molecule is Cc1c(-n2nc(C#N)c(O)c(N)c2=O)c(=O)n(-c2ccccc2)n1C. The standard InChI is InChI=1S/C16H14N6O3/c1-9-13(21-15(24)12(18)14(23)11(8-17)19-21)16(25)22(20(9)2)10-6-4-3-5-7-10/h3-7,23H,18H2,1-2H3.